The highest BCUT2D eigenvalue weighted by Crippen LogP contribution is 2.26. The average Bonchev–Trinajstić information content (AvgIpc) is 2.67. The van der Waals surface area contributed by atoms with Crippen molar-refractivity contribution in [1.82, 2.24) is 4.98 Å². The third-order valence-corrected chi connectivity index (χ3v) is 5.50. The summed E-state index contributed by atoms with van der Waals surface area (Å²) in [5.74, 6) is 1.47. The Morgan fingerprint density at radius 3 is 2.85 bits per heavy atom. The van der Waals surface area contributed by atoms with Crippen molar-refractivity contribution in [3.8, 4) is 0 Å². The summed E-state index contributed by atoms with van der Waals surface area (Å²) in [7, 11) is 0. The molecule has 0 spiro atoms. The number of unbranched alkanes of at least 4 members (excludes halogenated alkanes) is 3. The van der Waals surface area contributed by atoms with Crippen molar-refractivity contribution >= 4 is 5.82 Å². The van der Waals surface area contributed by atoms with E-state index >= 15 is 0 Å². The molecule has 0 unspecified atom stereocenters. The Morgan fingerprint density at radius 1 is 1.12 bits per heavy atom. The van der Waals surface area contributed by atoms with Crippen molar-refractivity contribution in [3.63, 3.8) is 0 Å². The molecule has 0 amide bonds. The highest BCUT2D eigenvalue weighted by Gasteiger charge is 2.11. The summed E-state index contributed by atoms with van der Waals surface area (Å²) in [6, 6.07) is 11.6. The van der Waals surface area contributed by atoms with E-state index in [0.717, 1.165) is 43.6 Å². The van der Waals surface area contributed by atoms with Gasteiger partial charge in [0, 0.05) is 12.2 Å². The van der Waals surface area contributed by atoms with Gasteiger partial charge in [0.05, 0.1) is 0 Å². The number of fused-ring (bicyclic) bond motifs is 1. The van der Waals surface area contributed by atoms with Gasteiger partial charge >= 0.3 is 0 Å². The highest BCUT2D eigenvalue weighted by molar-refractivity contribution is 5.46. The maximum absolute atomic E-state index is 13.4. The number of pyridine rings is 1. The van der Waals surface area contributed by atoms with Gasteiger partial charge in [0.2, 0.25) is 0 Å². The zero-order valence-electron chi connectivity index (χ0n) is 15.9. The number of aryl methyl sites for hydroxylation is 2. The number of nitrogens with one attached hydrogen (secondary N) is 1. The van der Waals surface area contributed by atoms with E-state index in [9.17, 15) is 4.39 Å². The highest BCUT2D eigenvalue weighted by atomic mass is 19.1. The van der Waals surface area contributed by atoms with Gasteiger partial charge in [0.1, 0.15) is 11.6 Å². The summed E-state index contributed by atoms with van der Waals surface area (Å²) in [5, 5.41) is 3.41. The van der Waals surface area contributed by atoms with Crippen LogP contribution >= 0.6 is 0 Å². The lowest BCUT2D eigenvalue weighted by molar-refractivity contribution is 0.532. The lowest BCUT2D eigenvalue weighted by atomic mass is 9.91. The molecule has 3 rings (SSSR count). The molecule has 0 saturated heterocycles. The molecule has 2 aromatic rings. The van der Waals surface area contributed by atoms with Crippen LogP contribution in [0.25, 0.3) is 0 Å². The number of benzene rings is 1. The van der Waals surface area contributed by atoms with Crippen LogP contribution in [0.2, 0.25) is 0 Å². The molecule has 0 bridgehead atoms. The fraction of sp³-hybridized carbons (Fsp3) is 0.522. The molecular formula is C23H31FN2. The number of hydrogen-bond acceptors (Lipinski definition) is 2. The van der Waals surface area contributed by atoms with Crippen LogP contribution in [-0.2, 0) is 12.8 Å². The van der Waals surface area contributed by atoms with Crippen LogP contribution in [0.15, 0.2) is 36.4 Å². The third kappa shape index (κ3) is 5.30. The number of hydrogen-bond donors (Lipinski definition) is 1. The maximum Gasteiger partial charge on any atom is 0.129 e. The molecule has 0 radical (unpaired) electrons. The molecule has 0 saturated carbocycles. The minimum atomic E-state index is -0.118. The van der Waals surface area contributed by atoms with Crippen LogP contribution in [0.1, 0.15) is 74.6 Å². The summed E-state index contributed by atoms with van der Waals surface area (Å²) < 4.78 is 13.4. The van der Waals surface area contributed by atoms with E-state index < -0.39 is 0 Å². The first kappa shape index (κ1) is 18.9. The van der Waals surface area contributed by atoms with Gasteiger partial charge < -0.3 is 5.32 Å². The SMILES string of the molecule is CC[C@H](CCCCCCc1ccc2c(n1)NCCC2)c1cccc(F)c1. The lowest BCUT2D eigenvalue weighted by Crippen LogP contribution is -2.13. The molecule has 1 N–H and O–H groups in total. The summed E-state index contributed by atoms with van der Waals surface area (Å²) in [6.07, 6.45) is 10.6. The van der Waals surface area contributed by atoms with Gasteiger partial charge in [-0.25, -0.2) is 9.37 Å². The van der Waals surface area contributed by atoms with E-state index in [2.05, 4.69) is 30.4 Å². The number of nitrogens with zero attached hydrogens (tertiary/aromatic N) is 1. The minimum Gasteiger partial charge on any atom is -0.370 e. The first-order chi connectivity index (χ1) is 12.8. The van der Waals surface area contributed by atoms with Crippen molar-refractivity contribution < 1.29 is 4.39 Å². The molecule has 1 aromatic carbocycles. The molecule has 1 aliphatic rings. The Labute approximate surface area is 157 Å². The predicted octanol–water partition coefficient (Wildman–Crippen LogP) is 6.27. The second-order valence-electron chi connectivity index (χ2n) is 7.45. The van der Waals surface area contributed by atoms with Crippen LogP contribution in [0.3, 0.4) is 0 Å². The molecule has 3 heteroatoms. The zero-order valence-corrected chi connectivity index (χ0v) is 15.9. The van der Waals surface area contributed by atoms with E-state index in [1.54, 1.807) is 6.07 Å². The summed E-state index contributed by atoms with van der Waals surface area (Å²) >= 11 is 0. The van der Waals surface area contributed by atoms with Gasteiger partial charge in [-0.3, -0.25) is 0 Å². The standard InChI is InChI=1S/C23H31FN2/c1-2-18(20-10-7-12-21(24)17-20)9-5-3-4-6-13-22-15-14-19-11-8-16-25-23(19)26-22/h7,10,12,14-15,17-18H,2-6,8-9,11,13,16H2,1H3,(H,25,26)/t18-/m1/s1. The second-order valence-corrected chi connectivity index (χ2v) is 7.45. The Morgan fingerprint density at radius 2 is 2.00 bits per heavy atom. The van der Waals surface area contributed by atoms with Crippen LogP contribution in [-0.4, -0.2) is 11.5 Å². The first-order valence-electron chi connectivity index (χ1n) is 10.2. The van der Waals surface area contributed by atoms with Crippen LogP contribution in [0.5, 0.6) is 0 Å². The Kier molecular flexibility index (Phi) is 7.04. The number of rotatable bonds is 9. The number of anilines is 1. The van der Waals surface area contributed by atoms with Crippen molar-refractivity contribution in [3.05, 3.63) is 59.0 Å². The van der Waals surface area contributed by atoms with E-state index in [4.69, 9.17) is 4.98 Å². The topological polar surface area (TPSA) is 24.9 Å². The van der Waals surface area contributed by atoms with Crippen LogP contribution in [0, 0.1) is 5.82 Å². The Bertz CT molecular complexity index is 698. The number of halogens is 1. The van der Waals surface area contributed by atoms with Crippen LogP contribution in [0.4, 0.5) is 10.2 Å². The molecule has 140 valence electrons. The summed E-state index contributed by atoms with van der Waals surface area (Å²) in [4.78, 5) is 4.77. The smallest absolute Gasteiger partial charge is 0.129 e. The minimum absolute atomic E-state index is 0.118. The molecule has 2 heterocycles. The fourth-order valence-corrected chi connectivity index (χ4v) is 3.93. The first-order valence-corrected chi connectivity index (χ1v) is 10.2. The summed E-state index contributed by atoms with van der Waals surface area (Å²) in [5.41, 5.74) is 3.73. The van der Waals surface area contributed by atoms with Gasteiger partial charge in [-0.2, -0.15) is 0 Å². The molecule has 26 heavy (non-hydrogen) atoms. The normalized spacial score (nSPS) is 14.5. The zero-order chi connectivity index (χ0) is 18.2. The van der Waals surface area contributed by atoms with Crippen molar-refractivity contribution in [2.24, 2.45) is 0 Å². The van der Waals surface area contributed by atoms with Crippen molar-refractivity contribution in [2.45, 2.75) is 70.6 Å². The maximum atomic E-state index is 13.4. The Hall–Kier alpha value is -1.90. The third-order valence-electron chi connectivity index (χ3n) is 5.50. The van der Waals surface area contributed by atoms with Gasteiger partial charge in [-0.1, -0.05) is 44.4 Å². The average molecular weight is 355 g/mol. The van der Waals surface area contributed by atoms with Crippen LogP contribution < -0.4 is 5.32 Å². The Balaban J connectivity index is 1.36. The largest absolute Gasteiger partial charge is 0.370 e. The molecule has 1 aliphatic heterocycles. The lowest BCUT2D eigenvalue weighted by Gasteiger charge is -2.17. The molecule has 1 atom stereocenters. The quantitative estimate of drug-likeness (QED) is 0.537. The molecule has 0 aliphatic carbocycles. The monoisotopic (exact) mass is 354 g/mol. The van der Waals surface area contributed by atoms with Gasteiger partial charge in [-0.05, 0) is 73.8 Å². The second kappa shape index (κ2) is 9.70. The molecule has 2 nitrogen and oxygen atoms in total. The predicted molar refractivity (Wildman–Crippen MR) is 107 cm³/mol. The van der Waals surface area contributed by atoms with Gasteiger partial charge in [0.25, 0.3) is 0 Å². The van der Waals surface area contributed by atoms with Crippen molar-refractivity contribution in [1.29, 1.82) is 0 Å². The van der Waals surface area contributed by atoms with Gasteiger partial charge in [-0.15, -0.1) is 0 Å². The van der Waals surface area contributed by atoms with Gasteiger partial charge in [0.15, 0.2) is 0 Å². The van der Waals surface area contributed by atoms with E-state index in [1.807, 2.05) is 6.07 Å². The molecular weight excluding hydrogens is 323 g/mol. The van der Waals surface area contributed by atoms with E-state index in [0.29, 0.717) is 5.92 Å². The molecule has 1 aromatic heterocycles. The number of aromatic nitrogens is 1. The van der Waals surface area contributed by atoms with E-state index in [1.165, 1.54) is 49.4 Å². The van der Waals surface area contributed by atoms with E-state index in [-0.39, 0.29) is 5.82 Å². The fourth-order valence-electron chi connectivity index (χ4n) is 3.93. The molecule has 0 fully saturated rings. The van der Waals surface area contributed by atoms with Crippen molar-refractivity contribution in [2.75, 3.05) is 11.9 Å². The summed E-state index contributed by atoms with van der Waals surface area (Å²) in [6.45, 7) is 3.25.